The van der Waals surface area contributed by atoms with Gasteiger partial charge in [-0.05, 0) is 36.8 Å². The second-order valence-corrected chi connectivity index (χ2v) is 5.05. The van der Waals surface area contributed by atoms with Gasteiger partial charge in [0.2, 0.25) is 0 Å². The number of aliphatic hydroxyl groups is 1. The van der Waals surface area contributed by atoms with Crippen LogP contribution < -0.4 is 9.64 Å². The van der Waals surface area contributed by atoms with Crippen molar-refractivity contribution in [3.63, 3.8) is 0 Å². The van der Waals surface area contributed by atoms with Gasteiger partial charge in [-0.25, -0.2) is 4.39 Å². The number of ether oxygens (including phenoxy) is 1. The standard InChI is InChI=1S/C17H20FNO2/c1-12(20)17-15(5-4-6-16(17)21-3)19(2)11-13-7-9-14(18)10-8-13/h4-10,12,20H,11H2,1-3H3/t12-/m0/s1. The number of methoxy groups -OCH3 is 1. The Morgan fingerprint density at radius 1 is 1.19 bits per heavy atom. The maximum atomic E-state index is 13.0. The average molecular weight is 289 g/mol. The summed E-state index contributed by atoms with van der Waals surface area (Å²) in [5.41, 5.74) is 2.65. The molecule has 0 saturated heterocycles. The second-order valence-electron chi connectivity index (χ2n) is 5.05. The molecule has 0 aromatic heterocycles. The van der Waals surface area contributed by atoms with Crippen molar-refractivity contribution in [1.29, 1.82) is 0 Å². The number of halogens is 1. The summed E-state index contributed by atoms with van der Waals surface area (Å²) < 4.78 is 18.3. The molecular weight excluding hydrogens is 269 g/mol. The van der Waals surface area contributed by atoms with E-state index in [-0.39, 0.29) is 5.82 Å². The highest BCUT2D eigenvalue weighted by molar-refractivity contribution is 5.60. The van der Waals surface area contributed by atoms with E-state index in [0.29, 0.717) is 12.3 Å². The molecule has 0 unspecified atom stereocenters. The van der Waals surface area contributed by atoms with Crippen LogP contribution in [0.3, 0.4) is 0 Å². The van der Waals surface area contributed by atoms with Crippen LogP contribution in [0.5, 0.6) is 5.75 Å². The molecule has 2 rings (SSSR count). The number of benzene rings is 2. The van der Waals surface area contributed by atoms with Crippen molar-refractivity contribution in [1.82, 2.24) is 0 Å². The van der Waals surface area contributed by atoms with Gasteiger partial charge in [0.05, 0.1) is 13.2 Å². The first-order valence-electron chi connectivity index (χ1n) is 6.83. The highest BCUT2D eigenvalue weighted by Gasteiger charge is 2.16. The third-order valence-corrected chi connectivity index (χ3v) is 3.43. The number of anilines is 1. The Bertz CT molecular complexity index is 596. The van der Waals surface area contributed by atoms with Crippen molar-refractivity contribution in [3.05, 3.63) is 59.4 Å². The molecule has 0 radical (unpaired) electrons. The number of aliphatic hydroxyl groups excluding tert-OH is 1. The average Bonchev–Trinajstić information content (AvgIpc) is 2.48. The van der Waals surface area contributed by atoms with Gasteiger partial charge >= 0.3 is 0 Å². The maximum absolute atomic E-state index is 13.0. The third kappa shape index (κ3) is 3.52. The van der Waals surface area contributed by atoms with Crippen LogP contribution in [-0.2, 0) is 6.54 Å². The van der Waals surface area contributed by atoms with Gasteiger partial charge in [0.1, 0.15) is 11.6 Å². The minimum atomic E-state index is -0.633. The van der Waals surface area contributed by atoms with Crippen molar-refractivity contribution in [2.75, 3.05) is 19.1 Å². The molecule has 0 saturated carbocycles. The Morgan fingerprint density at radius 2 is 1.86 bits per heavy atom. The van der Waals surface area contributed by atoms with Gasteiger partial charge in [0.25, 0.3) is 0 Å². The zero-order valence-electron chi connectivity index (χ0n) is 12.5. The third-order valence-electron chi connectivity index (χ3n) is 3.43. The van der Waals surface area contributed by atoms with E-state index in [2.05, 4.69) is 0 Å². The number of rotatable bonds is 5. The molecule has 21 heavy (non-hydrogen) atoms. The maximum Gasteiger partial charge on any atom is 0.126 e. The molecule has 2 aromatic rings. The van der Waals surface area contributed by atoms with E-state index in [1.807, 2.05) is 30.1 Å². The Balaban J connectivity index is 2.30. The van der Waals surface area contributed by atoms with Crippen molar-refractivity contribution < 1.29 is 14.2 Å². The molecule has 2 aromatic carbocycles. The lowest BCUT2D eigenvalue weighted by Gasteiger charge is -2.25. The summed E-state index contributed by atoms with van der Waals surface area (Å²) in [7, 11) is 3.52. The largest absolute Gasteiger partial charge is 0.496 e. The van der Waals surface area contributed by atoms with Gasteiger partial charge in [-0.2, -0.15) is 0 Å². The van der Waals surface area contributed by atoms with Crippen LogP contribution in [0, 0.1) is 5.82 Å². The molecular formula is C17H20FNO2. The topological polar surface area (TPSA) is 32.7 Å². The van der Waals surface area contributed by atoms with Crippen molar-refractivity contribution in [2.24, 2.45) is 0 Å². The predicted molar refractivity (Wildman–Crippen MR) is 82.1 cm³/mol. The molecule has 112 valence electrons. The van der Waals surface area contributed by atoms with E-state index in [0.717, 1.165) is 16.8 Å². The van der Waals surface area contributed by atoms with E-state index in [9.17, 15) is 9.50 Å². The molecule has 0 heterocycles. The molecule has 1 atom stereocenters. The van der Waals surface area contributed by atoms with Gasteiger partial charge < -0.3 is 14.7 Å². The van der Waals surface area contributed by atoms with Crippen LogP contribution in [0.2, 0.25) is 0 Å². The quantitative estimate of drug-likeness (QED) is 0.914. The number of hydrogen-bond donors (Lipinski definition) is 1. The van der Waals surface area contributed by atoms with Crippen LogP contribution in [0.25, 0.3) is 0 Å². The lowest BCUT2D eigenvalue weighted by atomic mass is 10.1. The summed E-state index contributed by atoms with van der Waals surface area (Å²) in [5.74, 6) is 0.418. The van der Waals surface area contributed by atoms with Crippen molar-refractivity contribution in [2.45, 2.75) is 19.6 Å². The van der Waals surface area contributed by atoms with E-state index < -0.39 is 6.10 Å². The van der Waals surface area contributed by atoms with Crippen LogP contribution in [0.1, 0.15) is 24.2 Å². The number of hydrogen-bond acceptors (Lipinski definition) is 3. The second kappa shape index (κ2) is 6.59. The van der Waals surface area contributed by atoms with Crippen LogP contribution in [0.15, 0.2) is 42.5 Å². The normalized spacial score (nSPS) is 12.0. The fourth-order valence-corrected chi connectivity index (χ4v) is 2.41. The van der Waals surface area contributed by atoms with E-state index >= 15 is 0 Å². The zero-order chi connectivity index (χ0) is 15.4. The van der Waals surface area contributed by atoms with Crippen molar-refractivity contribution >= 4 is 5.69 Å². The minimum Gasteiger partial charge on any atom is -0.496 e. The van der Waals surface area contributed by atoms with Crippen LogP contribution in [-0.4, -0.2) is 19.3 Å². The molecule has 0 amide bonds. The first-order valence-corrected chi connectivity index (χ1v) is 6.83. The highest BCUT2D eigenvalue weighted by Crippen LogP contribution is 2.34. The predicted octanol–water partition coefficient (Wildman–Crippen LogP) is 3.52. The monoisotopic (exact) mass is 289 g/mol. The van der Waals surface area contributed by atoms with Gasteiger partial charge in [-0.15, -0.1) is 0 Å². The smallest absolute Gasteiger partial charge is 0.126 e. The molecule has 1 N–H and O–H groups in total. The van der Waals surface area contributed by atoms with E-state index in [1.165, 1.54) is 12.1 Å². The molecule has 4 heteroatoms. The molecule has 0 spiro atoms. The first-order chi connectivity index (χ1) is 10.0. The van der Waals surface area contributed by atoms with Gasteiger partial charge in [0, 0.05) is 24.8 Å². The summed E-state index contributed by atoms with van der Waals surface area (Å²) >= 11 is 0. The highest BCUT2D eigenvalue weighted by atomic mass is 19.1. The van der Waals surface area contributed by atoms with Gasteiger partial charge in [-0.3, -0.25) is 0 Å². The Kier molecular flexibility index (Phi) is 4.81. The van der Waals surface area contributed by atoms with Gasteiger partial charge in [-0.1, -0.05) is 18.2 Å². The van der Waals surface area contributed by atoms with Crippen LogP contribution >= 0.6 is 0 Å². The SMILES string of the molecule is COc1cccc(N(C)Cc2ccc(F)cc2)c1[C@H](C)O. The summed E-state index contributed by atoms with van der Waals surface area (Å²) in [5, 5.41) is 10.0. The Hall–Kier alpha value is -2.07. The van der Waals surface area contributed by atoms with Crippen LogP contribution in [0.4, 0.5) is 10.1 Å². The Labute approximate surface area is 124 Å². The van der Waals surface area contributed by atoms with E-state index in [1.54, 1.807) is 26.2 Å². The lowest BCUT2D eigenvalue weighted by Crippen LogP contribution is -2.19. The fourth-order valence-electron chi connectivity index (χ4n) is 2.41. The van der Waals surface area contributed by atoms with Crippen molar-refractivity contribution in [3.8, 4) is 5.75 Å². The zero-order valence-corrected chi connectivity index (χ0v) is 12.5. The molecule has 0 fully saturated rings. The molecule has 3 nitrogen and oxygen atoms in total. The molecule has 0 bridgehead atoms. The summed E-state index contributed by atoms with van der Waals surface area (Å²) in [6, 6.07) is 12.1. The van der Waals surface area contributed by atoms with E-state index in [4.69, 9.17) is 4.74 Å². The summed E-state index contributed by atoms with van der Waals surface area (Å²) in [6.07, 6.45) is -0.633. The summed E-state index contributed by atoms with van der Waals surface area (Å²) in [6.45, 7) is 2.33. The first kappa shape index (κ1) is 15.3. The van der Waals surface area contributed by atoms with Gasteiger partial charge in [0.15, 0.2) is 0 Å². The minimum absolute atomic E-state index is 0.243. The molecule has 0 aliphatic rings. The number of nitrogens with zero attached hydrogens (tertiary/aromatic N) is 1. The Morgan fingerprint density at radius 3 is 2.43 bits per heavy atom. The molecule has 0 aliphatic carbocycles. The fraction of sp³-hybridized carbons (Fsp3) is 0.294. The molecule has 0 aliphatic heterocycles. The lowest BCUT2D eigenvalue weighted by molar-refractivity contribution is 0.194. The summed E-state index contributed by atoms with van der Waals surface area (Å²) in [4.78, 5) is 2.01.